The Morgan fingerprint density at radius 3 is 1.40 bits per heavy atom. The molecule has 0 aliphatic carbocycles. The summed E-state index contributed by atoms with van der Waals surface area (Å²) in [5, 5.41) is 17.9. The van der Waals surface area contributed by atoms with Crippen molar-refractivity contribution in [2.75, 3.05) is 0 Å². The number of rotatable bonds is 8. The molecule has 0 aliphatic rings. The van der Waals surface area contributed by atoms with Gasteiger partial charge in [-0.2, -0.15) is 10.5 Å². The molecule has 0 atom stereocenters. The summed E-state index contributed by atoms with van der Waals surface area (Å²) < 4.78 is 25.7. The summed E-state index contributed by atoms with van der Waals surface area (Å²) in [5.74, 6) is -1.13. The van der Waals surface area contributed by atoms with Crippen LogP contribution >= 0.6 is 0 Å². The second-order valence-corrected chi connectivity index (χ2v) is 10.9. The molecule has 6 aromatic carbocycles. The summed E-state index contributed by atoms with van der Waals surface area (Å²) in [5.41, 5.74) is 6.55. The van der Waals surface area contributed by atoms with Crippen molar-refractivity contribution in [2.45, 2.75) is 6.42 Å². The zero-order valence-corrected chi connectivity index (χ0v) is 25.4. The van der Waals surface area contributed by atoms with Gasteiger partial charge in [-0.3, -0.25) is 0 Å². The van der Waals surface area contributed by atoms with Crippen molar-refractivity contribution in [2.24, 2.45) is 0 Å². The highest BCUT2D eigenvalue weighted by Crippen LogP contribution is 2.27. The van der Waals surface area contributed by atoms with E-state index >= 15 is 0 Å². The number of ether oxygens (including phenoxy) is 2. The zero-order chi connectivity index (χ0) is 33.5. The van der Waals surface area contributed by atoms with Crippen LogP contribution in [0.15, 0.2) is 140 Å². The normalized spacial score (nSPS) is 10.4. The van der Waals surface area contributed by atoms with Crippen LogP contribution in [0.2, 0.25) is 0 Å². The van der Waals surface area contributed by atoms with Gasteiger partial charge in [0, 0.05) is 11.6 Å². The van der Waals surface area contributed by atoms with Gasteiger partial charge in [-0.1, -0.05) is 60.7 Å². The van der Waals surface area contributed by atoms with Gasteiger partial charge < -0.3 is 9.47 Å². The molecular formula is C41H25FN2O4. The lowest BCUT2D eigenvalue weighted by Gasteiger charge is -2.09. The second-order valence-electron chi connectivity index (χ2n) is 10.9. The molecule has 230 valence electrons. The smallest absolute Gasteiger partial charge is 0.343 e. The standard InChI is InChI=1S/C41H25FN2O4/c42-39-24-37(21-22-38(39)33-11-7-30(26-44)8-12-33)48-41(46)35-15-3-28(4-16-35)23-27-1-13-34(14-2-27)40(45)47-36-19-17-32(18-20-36)31-9-5-29(25-43)6-10-31/h1-22,24H,23H2. The van der Waals surface area contributed by atoms with Gasteiger partial charge in [-0.05, 0) is 107 Å². The largest absolute Gasteiger partial charge is 0.423 e. The Hall–Kier alpha value is -6.83. The number of esters is 2. The summed E-state index contributed by atoms with van der Waals surface area (Å²) in [6.45, 7) is 0. The second kappa shape index (κ2) is 14.1. The minimum absolute atomic E-state index is 0.0812. The van der Waals surface area contributed by atoms with E-state index in [0.29, 0.717) is 45.6 Å². The van der Waals surface area contributed by atoms with Crippen LogP contribution in [-0.4, -0.2) is 11.9 Å². The molecule has 0 N–H and O–H groups in total. The third-order valence-corrected chi connectivity index (χ3v) is 7.68. The number of hydrogen-bond acceptors (Lipinski definition) is 6. The fraction of sp³-hybridized carbons (Fsp3) is 0.0244. The van der Waals surface area contributed by atoms with Crippen LogP contribution in [0.4, 0.5) is 4.39 Å². The molecule has 0 spiro atoms. The monoisotopic (exact) mass is 628 g/mol. The Kier molecular flexibility index (Phi) is 9.14. The maximum absolute atomic E-state index is 14.8. The Balaban J connectivity index is 1.02. The van der Waals surface area contributed by atoms with Gasteiger partial charge in [0.05, 0.1) is 34.4 Å². The molecular weight excluding hydrogens is 603 g/mol. The first-order chi connectivity index (χ1) is 23.4. The summed E-state index contributed by atoms with van der Waals surface area (Å²) in [6.07, 6.45) is 0.573. The minimum atomic E-state index is -0.612. The molecule has 0 bridgehead atoms. The average molecular weight is 629 g/mol. The van der Waals surface area contributed by atoms with E-state index in [0.717, 1.165) is 28.3 Å². The fourth-order valence-corrected chi connectivity index (χ4v) is 5.06. The molecule has 0 unspecified atom stereocenters. The van der Waals surface area contributed by atoms with E-state index in [9.17, 15) is 14.0 Å². The topological polar surface area (TPSA) is 100 Å². The highest BCUT2D eigenvalue weighted by atomic mass is 19.1. The molecule has 48 heavy (non-hydrogen) atoms. The van der Waals surface area contributed by atoms with Gasteiger partial charge in [-0.15, -0.1) is 0 Å². The molecule has 6 aromatic rings. The van der Waals surface area contributed by atoms with Gasteiger partial charge in [0.15, 0.2) is 0 Å². The molecule has 0 saturated carbocycles. The average Bonchev–Trinajstić information content (AvgIpc) is 3.13. The SMILES string of the molecule is N#Cc1ccc(-c2ccc(OC(=O)c3ccc(Cc4ccc(C(=O)Oc5ccc(-c6ccc(C#N)cc6)c(F)c5)cc4)cc3)cc2)cc1. The third-order valence-electron chi connectivity index (χ3n) is 7.68. The predicted octanol–water partition coefficient (Wildman–Crippen LogP) is 8.93. The van der Waals surface area contributed by atoms with Crippen molar-refractivity contribution >= 4 is 11.9 Å². The van der Waals surface area contributed by atoms with Crippen molar-refractivity contribution in [3.8, 4) is 45.9 Å². The number of hydrogen-bond donors (Lipinski definition) is 0. The number of carbonyl (C=O) groups excluding carboxylic acids is 2. The highest BCUT2D eigenvalue weighted by molar-refractivity contribution is 5.92. The summed E-state index contributed by atoms with van der Waals surface area (Å²) >= 11 is 0. The zero-order valence-electron chi connectivity index (χ0n) is 25.4. The van der Waals surface area contributed by atoms with E-state index in [2.05, 4.69) is 6.07 Å². The first-order valence-electron chi connectivity index (χ1n) is 14.9. The molecule has 0 aliphatic heterocycles. The van der Waals surface area contributed by atoms with Crippen molar-refractivity contribution in [3.05, 3.63) is 179 Å². The van der Waals surface area contributed by atoms with E-state index < -0.39 is 17.8 Å². The van der Waals surface area contributed by atoms with Crippen molar-refractivity contribution in [3.63, 3.8) is 0 Å². The molecule has 0 fully saturated rings. The Bertz CT molecular complexity index is 2180. The first kappa shape index (κ1) is 31.2. The van der Waals surface area contributed by atoms with Gasteiger partial charge in [0.2, 0.25) is 0 Å². The van der Waals surface area contributed by atoms with Crippen LogP contribution in [0.5, 0.6) is 11.5 Å². The number of nitrogens with zero attached hydrogens (tertiary/aromatic N) is 2. The lowest BCUT2D eigenvalue weighted by Crippen LogP contribution is -2.09. The minimum Gasteiger partial charge on any atom is -0.423 e. The van der Waals surface area contributed by atoms with Crippen LogP contribution < -0.4 is 9.47 Å². The number of nitriles is 2. The maximum atomic E-state index is 14.8. The summed E-state index contributed by atoms with van der Waals surface area (Å²) in [7, 11) is 0. The van der Waals surface area contributed by atoms with E-state index in [-0.39, 0.29) is 5.75 Å². The molecule has 0 aromatic heterocycles. The molecule has 6 nitrogen and oxygen atoms in total. The summed E-state index contributed by atoms with van der Waals surface area (Å²) in [6, 6.07) is 43.4. The van der Waals surface area contributed by atoms with Crippen LogP contribution in [0.3, 0.4) is 0 Å². The number of halogens is 1. The van der Waals surface area contributed by atoms with Crippen molar-refractivity contribution in [1.29, 1.82) is 10.5 Å². The van der Waals surface area contributed by atoms with Crippen LogP contribution in [0, 0.1) is 28.5 Å². The van der Waals surface area contributed by atoms with E-state index in [4.69, 9.17) is 20.0 Å². The van der Waals surface area contributed by atoms with Gasteiger partial charge in [0.1, 0.15) is 17.3 Å². The van der Waals surface area contributed by atoms with Crippen LogP contribution in [0.1, 0.15) is 43.0 Å². The fourth-order valence-electron chi connectivity index (χ4n) is 5.06. The summed E-state index contributed by atoms with van der Waals surface area (Å²) in [4.78, 5) is 25.5. The lowest BCUT2D eigenvalue weighted by molar-refractivity contribution is 0.0725. The Morgan fingerprint density at radius 1 is 0.521 bits per heavy atom. The van der Waals surface area contributed by atoms with Crippen LogP contribution in [0.25, 0.3) is 22.3 Å². The predicted molar refractivity (Wildman–Crippen MR) is 179 cm³/mol. The van der Waals surface area contributed by atoms with E-state index in [1.807, 2.05) is 54.6 Å². The maximum Gasteiger partial charge on any atom is 0.343 e. The van der Waals surface area contributed by atoms with Crippen molar-refractivity contribution in [1.82, 2.24) is 0 Å². The molecule has 7 heteroatoms. The molecule has 0 heterocycles. The Morgan fingerprint density at radius 2 is 0.938 bits per heavy atom. The Labute approximate surface area is 276 Å². The highest BCUT2D eigenvalue weighted by Gasteiger charge is 2.13. The van der Waals surface area contributed by atoms with Gasteiger partial charge in [-0.25, -0.2) is 14.0 Å². The third kappa shape index (κ3) is 7.34. The quantitative estimate of drug-likeness (QED) is 0.123. The van der Waals surface area contributed by atoms with E-state index in [1.165, 1.54) is 12.1 Å². The molecule has 0 saturated heterocycles. The lowest BCUT2D eigenvalue weighted by atomic mass is 10.0. The van der Waals surface area contributed by atoms with Crippen molar-refractivity contribution < 1.29 is 23.5 Å². The van der Waals surface area contributed by atoms with E-state index in [1.54, 1.807) is 72.8 Å². The molecule has 0 amide bonds. The van der Waals surface area contributed by atoms with Gasteiger partial charge >= 0.3 is 11.9 Å². The number of benzene rings is 6. The van der Waals surface area contributed by atoms with Gasteiger partial charge in [0.25, 0.3) is 0 Å². The molecule has 0 radical (unpaired) electrons. The molecule has 6 rings (SSSR count). The number of carbonyl (C=O) groups is 2. The first-order valence-corrected chi connectivity index (χ1v) is 14.9. The van der Waals surface area contributed by atoms with Crippen LogP contribution in [-0.2, 0) is 6.42 Å².